The molecule has 2 rings (SSSR count). The van der Waals surface area contributed by atoms with Gasteiger partial charge < -0.3 is 10.0 Å². The molecule has 1 aliphatic rings. The Morgan fingerprint density at radius 1 is 1.38 bits per heavy atom. The molecule has 1 aromatic rings. The SMILES string of the molecule is O=C1CN=C(N(CCO)c2ccccc2)N1. The minimum Gasteiger partial charge on any atom is -0.395 e. The molecule has 1 amide bonds. The number of rotatable bonds is 3. The molecule has 5 heteroatoms. The number of nitrogens with one attached hydrogen (secondary N) is 1. The van der Waals surface area contributed by atoms with Gasteiger partial charge in [-0.05, 0) is 12.1 Å². The Morgan fingerprint density at radius 2 is 2.12 bits per heavy atom. The van der Waals surface area contributed by atoms with E-state index in [1.54, 1.807) is 4.90 Å². The van der Waals surface area contributed by atoms with Gasteiger partial charge in [-0.2, -0.15) is 0 Å². The molecule has 0 spiro atoms. The van der Waals surface area contributed by atoms with Gasteiger partial charge >= 0.3 is 0 Å². The first-order valence-electron chi connectivity index (χ1n) is 5.09. The fourth-order valence-corrected chi connectivity index (χ4v) is 1.57. The third-order valence-electron chi connectivity index (χ3n) is 2.27. The Morgan fingerprint density at radius 3 is 2.69 bits per heavy atom. The lowest BCUT2D eigenvalue weighted by Gasteiger charge is -2.22. The molecule has 0 aromatic heterocycles. The number of guanidine groups is 1. The molecule has 0 bridgehead atoms. The first-order chi connectivity index (χ1) is 7.81. The smallest absolute Gasteiger partial charge is 0.248 e. The summed E-state index contributed by atoms with van der Waals surface area (Å²) in [6.07, 6.45) is 0. The number of nitrogens with zero attached hydrogens (tertiary/aromatic N) is 2. The van der Waals surface area contributed by atoms with Crippen LogP contribution in [0.2, 0.25) is 0 Å². The zero-order valence-corrected chi connectivity index (χ0v) is 8.76. The second kappa shape index (κ2) is 4.76. The van der Waals surface area contributed by atoms with Crippen molar-refractivity contribution in [1.29, 1.82) is 0 Å². The number of carbonyl (C=O) groups is 1. The van der Waals surface area contributed by atoms with Crippen LogP contribution in [-0.4, -0.2) is 36.7 Å². The molecule has 0 unspecified atom stereocenters. The van der Waals surface area contributed by atoms with E-state index in [4.69, 9.17) is 5.11 Å². The molecule has 84 valence electrons. The summed E-state index contributed by atoms with van der Waals surface area (Å²) in [5.41, 5.74) is 0.900. The Kier molecular flexibility index (Phi) is 3.16. The largest absolute Gasteiger partial charge is 0.395 e. The summed E-state index contributed by atoms with van der Waals surface area (Å²) in [4.78, 5) is 16.9. The first kappa shape index (κ1) is 10.6. The third-order valence-corrected chi connectivity index (χ3v) is 2.27. The van der Waals surface area contributed by atoms with Crippen LogP contribution in [0.15, 0.2) is 35.3 Å². The predicted molar refractivity (Wildman–Crippen MR) is 61.3 cm³/mol. The molecule has 1 aliphatic heterocycles. The Bertz CT molecular complexity index is 403. The van der Waals surface area contributed by atoms with Crippen molar-refractivity contribution in [2.75, 3.05) is 24.6 Å². The van der Waals surface area contributed by atoms with E-state index in [-0.39, 0.29) is 19.1 Å². The van der Waals surface area contributed by atoms with Gasteiger partial charge in [0.15, 0.2) is 0 Å². The minimum atomic E-state index is -0.117. The number of para-hydroxylation sites is 1. The van der Waals surface area contributed by atoms with Gasteiger partial charge in [0, 0.05) is 12.2 Å². The lowest BCUT2D eigenvalue weighted by atomic mass is 10.3. The molecular formula is C11H13N3O2. The quantitative estimate of drug-likeness (QED) is 0.750. The van der Waals surface area contributed by atoms with Crippen LogP contribution in [-0.2, 0) is 4.79 Å². The normalized spacial score (nSPS) is 14.6. The van der Waals surface area contributed by atoms with Crippen LogP contribution in [0.5, 0.6) is 0 Å². The molecule has 16 heavy (non-hydrogen) atoms. The summed E-state index contributed by atoms with van der Waals surface area (Å²) >= 11 is 0. The number of carbonyl (C=O) groups excluding carboxylic acids is 1. The van der Waals surface area contributed by atoms with Crippen LogP contribution in [0.25, 0.3) is 0 Å². The molecule has 0 atom stereocenters. The standard InChI is InChI=1S/C11H13N3O2/c15-7-6-14(9-4-2-1-3-5-9)11-12-8-10(16)13-11/h1-5,15H,6-8H2,(H,12,13,16). The van der Waals surface area contributed by atoms with Crippen molar-refractivity contribution in [2.24, 2.45) is 4.99 Å². The topological polar surface area (TPSA) is 64.9 Å². The van der Waals surface area contributed by atoms with Gasteiger partial charge in [-0.1, -0.05) is 18.2 Å². The zero-order chi connectivity index (χ0) is 11.4. The highest BCUT2D eigenvalue weighted by atomic mass is 16.3. The van der Waals surface area contributed by atoms with Crippen LogP contribution < -0.4 is 10.2 Å². The van der Waals surface area contributed by atoms with Crippen molar-refractivity contribution in [1.82, 2.24) is 5.32 Å². The number of anilines is 1. The highest BCUT2D eigenvalue weighted by Crippen LogP contribution is 2.13. The molecule has 1 heterocycles. The number of hydrogen-bond donors (Lipinski definition) is 2. The van der Waals surface area contributed by atoms with Crippen molar-refractivity contribution in [3.8, 4) is 0 Å². The summed E-state index contributed by atoms with van der Waals surface area (Å²) in [5.74, 6) is 0.388. The fourth-order valence-electron chi connectivity index (χ4n) is 1.57. The first-order valence-corrected chi connectivity index (χ1v) is 5.09. The molecule has 1 aromatic carbocycles. The number of benzene rings is 1. The summed E-state index contributed by atoms with van der Waals surface area (Å²) < 4.78 is 0. The number of aliphatic hydroxyl groups excluding tert-OH is 1. The van der Waals surface area contributed by atoms with Gasteiger partial charge in [0.2, 0.25) is 11.9 Å². The lowest BCUT2D eigenvalue weighted by molar-refractivity contribution is -0.117. The van der Waals surface area contributed by atoms with Crippen LogP contribution >= 0.6 is 0 Å². The maximum atomic E-state index is 11.1. The maximum Gasteiger partial charge on any atom is 0.248 e. The van der Waals surface area contributed by atoms with E-state index in [2.05, 4.69) is 10.3 Å². The monoisotopic (exact) mass is 219 g/mol. The molecule has 0 radical (unpaired) electrons. The highest BCUT2D eigenvalue weighted by molar-refractivity contribution is 6.10. The Hall–Kier alpha value is -1.88. The number of aliphatic hydroxyl groups is 1. The molecule has 0 fully saturated rings. The molecular weight excluding hydrogens is 206 g/mol. The highest BCUT2D eigenvalue weighted by Gasteiger charge is 2.20. The van der Waals surface area contributed by atoms with E-state index in [0.29, 0.717) is 12.5 Å². The van der Waals surface area contributed by atoms with E-state index in [1.807, 2.05) is 30.3 Å². The fraction of sp³-hybridized carbons (Fsp3) is 0.273. The van der Waals surface area contributed by atoms with Crippen molar-refractivity contribution in [2.45, 2.75) is 0 Å². The average molecular weight is 219 g/mol. The van der Waals surface area contributed by atoms with Gasteiger partial charge in [0.1, 0.15) is 6.54 Å². The Labute approximate surface area is 93.4 Å². The molecule has 0 aliphatic carbocycles. The second-order valence-corrected chi connectivity index (χ2v) is 3.40. The molecule has 5 nitrogen and oxygen atoms in total. The zero-order valence-electron chi connectivity index (χ0n) is 8.76. The average Bonchev–Trinajstić information content (AvgIpc) is 2.74. The predicted octanol–water partition coefficient (Wildman–Crippen LogP) is -0.0289. The van der Waals surface area contributed by atoms with E-state index in [1.165, 1.54) is 0 Å². The number of aliphatic imine (C=N–C) groups is 1. The summed E-state index contributed by atoms with van der Waals surface area (Å²) in [6.45, 7) is 0.566. The summed E-state index contributed by atoms with van der Waals surface area (Å²) in [7, 11) is 0. The van der Waals surface area contributed by atoms with Crippen molar-refractivity contribution in [3.63, 3.8) is 0 Å². The van der Waals surface area contributed by atoms with E-state index in [9.17, 15) is 4.79 Å². The summed E-state index contributed by atoms with van der Waals surface area (Å²) in [6, 6.07) is 9.52. The van der Waals surface area contributed by atoms with E-state index in [0.717, 1.165) is 5.69 Å². The van der Waals surface area contributed by atoms with Crippen molar-refractivity contribution < 1.29 is 9.90 Å². The third kappa shape index (κ3) is 2.20. The molecule has 0 saturated carbocycles. The Balaban J connectivity index is 2.21. The van der Waals surface area contributed by atoms with Crippen LogP contribution in [0, 0.1) is 0 Å². The summed E-state index contributed by atoms with van der Waals surface area (Å²) in [5, 5.41) is 11.7. The van der Waals surface area contributed by atoms with E-state index >= 15 is 0 Å². The van der Waals surface area contributed by atoms with Crippen molar-refractivity contribution in [3.05, 3.63) is 30.3 Å². The van der Waals surface area contributed by atoms with Crippen molar-refractivity contribution >= 4 is 17.6 Å². The van der Waals surface area contributed by atoms with E-state index < -0.39 is 0 Å². The van der Waals surface area contributed by atoms with Gasteiger partial charge in [0.05, 0.1) is 6.61 Å². The van der Waals surface area contributed by atoms with Crippen LogP contribution in [0.1, 0.15) is 0 Å². The second-order valence-electron chi connectivity index (χ2n) is 3.40. The molecule has 0 saturated heterocycles. The lowest BCUT2D eigenvalue weighted by Crippen LogP contribution is -2.42. The van der Waals surface area contributed by atoms with Gasteiger partial charge in [-0.15, -0.1) is 0 Å². The number of amides is 1. The van der Waals surface area contributed by atoms with Gasteiger partial charge in [0.25, 0.3) is 0 Å². The maximum absolute atomic E-state index is 11.1. The molecule has 2 N–H and O–H groups in total. The van der Waals surface area contributed by atoms with Gasteiger partial charge in [-0.25, -0.2) is 4.99 Å². The van der Waals surface area contributed by atoms with Crippen LogP contribution in [0.3, 0.4) is 0 Å². The minimum absolute atomic E-state index is 0.00375. The number of hydrogen-bond acceptors (Lipinski definition) is 4. The van der Waals surface area contributed by atoms with Gasteiger partial charge in [-0.3, -0.25) is 10.1 Å². The van der Waals surface area contributed by atoms with Crippen LogP contribution in [0.4, 0.5) is 5.69 Å².